The summed E-state index contributed by atoms with van der Waals surface area (Å²) in [6.07, 6.45) is 34.9. The number of hydrogen-bond acceptors (Lipinski definition) is 6. The Morgan fingerprint density at radius 1 is 0.625 bits per heavy atom. The molecule has 0 aromatic rings. The Bertz CT molecular complexity index is 874. The van der Waals surface area contributed by atoms with E-state index in [9.17, 15) is 19.2 Å². The molecule has 0 heterocycles. The number of aliphatic carboxylic acids is 1. The fourth-order valence-corrected chi connectivity index (χ4v) is 5.44. The molecule has 0 radical (unpaired) electrons. The number of carboxylic acids is 1. The second-order valence-electron chi connectivity index (χ2n) is 13.0. The van der Waals surface area contributed by atoms with E-state index >= 15 is 0 Å². The summed E-state index contributed by atoms with van der Waals surface area (Å²) >= 11 is 0. The van der Waals surface area contributed by atoms with E-state index in [1.807, 2.05) is 0 Å². The summed E-state index contributed by atoms with van der Waals surface area (Å²) in [6.45, 7) is 3.40. The summed E-state index contributed by atoms with van der Waals surface area (Å²) in [5, 5.41) is 22.5. The number of allylic oxidation sites excluding steroid dienone is 4. The number of hydrogen-bond donors (Lipinski definition) is 4. The Morgan fingerprint density at radius 3 is 1.73 bits per heavy atom. The summed E-state index contributed by atoms with van der Waals surface area (Å²) in [6, 6.07) is -1.38. The van der Waals surface area contributed by atoms with Crippen molar-refractivity contribution in [3.05, 3.63) is 24.3 Å². The van der Waals surface area contributed by atoms with Gasteiger partial charge >= 0.3 is 11.9 Å². The topological polar surface area (TPSA) is 142 Å². The highest BCUT2D eigenvalue weighted by Crippen LogP contribution is 2.18. The lowest BCUT2D eigenvalue weighted by molar-refractivity contribution is -0.150. The Labute approximate surface area is 292 Å². The second-order valence-corrected chi connectivity index (χ2v) is 13.0. The molecule has 0 saturated carbocycles. The average Bonchev–Trinajstić information content (AvgIpc) is 3.07. The van der Waals surface area contributed by atoms with Gasteiger partial charge in [0.2, 0.25) is 11.8 Å². The van der Waals surface area contributed by atoms with Gasteiger partial charge in [-0.05, 0) is 64.2 Å². The van der Waals surface area contributed by atoms with Crippen LogP contribution in [-0.4, -0.2) is 59.3 Å². The smallest absolute Gasteiger partial charge is 0.328 e. The van der Waals surface area contributed by atoms with Crippen molar-refractivity contribution < 1.29 is 34.1 Å². The number of carbonyl (C=O) groups is 4. The molecule has 4 N–H and O–H groups in total. The number of esters is 1. The van der Waals surface area contributed by atoms with Gasteiger partial charge in [0.1, 0.15) is 12.1 Å². The maximum atomic E-state index is 12.6. The molecule has 0 saturated heterocycles. The fourth-order valence-electron chi connectivity index (χ4n) is 5.44. The standard InChI is InChI=1S/C39H70N2O7/c1-3-5-7-9-11-12-13-14-15-16-17-18-23-27-31-38(45)48-34(28-24-20-10-8-6-4-2)29-25-21-19-22-26-30-36(43)40-32-37(44)41-35(33-42)39(46)47/h9,11,13-14,34-35,42H,3-8,10,12,15-33H2,1-2H3,(H,40,43)(H,41,44)(H,46,47)/b11-9-,14-13-. The molecule has 0 aromatic carbocycles. The maximum Gasteiger partial charge on any atom is 0.328 e. The van der Waals surface area contributed by atoms with Crippen LogP contribution in [0.4, 0.5) is 0 Å². The summed E-state index contributed by atoms with van der Waals surface area (Å²) in [5.41, 5.74) is 0. The van der Waals surface area contributed by atoms with Crippen molar-refractivity contribution in [2.75, 3.05) is 13.2 Å². The van der Waals surface area contributed by atoms with E-state index in [4.69, 9.17) is 14.9 Å². The van der Waals surface area contributed by atoms with Crippen molar-refractivity contribution in [2.24, 2.45) is 0 Å². The van der Waals surface area contributed by atoms with Gasteiger partial charge < -0.3 is 25.6 Å². The molecule has 9 heteroatoms. The zero-order valence-corrected chi connectivity index (χ0v) is 30.5. The van der Waals surface area contributed by atoms with Crippen LogP contribution in [0.15, 0.2) is 24.3 Å². The van der Waals surface area contributed by atoms with Crippen molar-refractivity contribution in [3.63, 3.8) is 0 Å². The lowest BCUT2D eigenvalue weighted by Crippen LogP contribution is -2.47. The van der Waals surface area contributed by atoms with Gasteiger partial charge in [-0.25, -0.2) is 4.79 Å². The zero-order valence-electron chi connectivity index (χ0n) is 30.5. The molecule has 0 aliphatic rings. The van der Waals surface area contributed by atoms with Gasteiger partial charge in [-0.15, -0.1) is 0 Å². The number of unbranched alkanes of at least 4 members (excludes halogenated alkanes) is 16. The van der Waals surface area contributed by atoms with E-state index in [0.29, 0.717) is 19.3 Å². The van der Waals surface area contributed by atoms with E-state index in [0.717, 1.165) is 77.0 Å². The molecular formula is C39H70N2O7. The van der Waals surface area contributed by atoms with Crippen molar-refractivity contribution in [2.45, 2.75) is 187 Å². The number of nitrogens with one attached hydrogen (secondary N) is 2. The van der Waals surface area contributed by atoms with Crippen LogP contribution >= 0.6 is 0 Å². The molecule has 278 valence electrons. The van der Waals surface area contributed by atoms with Gasteiger partial charge in [-0.3, -0.25) is 14.4 Å². The number of carbonyl (C=O) groups excluding carboxylic acids is 3. The lowest BCUT2D eigenvalue weighted by Gasteiger charge is -2.18. The van der Waals surface area contributed by atoms with Crippen LogP contribution in [0, 0.1) is 0 Å². The van der Waals surface area contributed by atoms with Gasteiger partial charge in [0.05, 0.1) is 13.2 Å². The van der Waals surface area contributed by atoms with Crippen LogP contribution in [0.25, 0.3) is 0 Å². The third kappa shape index (κ3) is 30.6. The van der Waals surface area contributed by atoms with Crippen molar-refractivity contribution in [3.8, 4) is 0 Å². The first kappa shape index (κ1) is 45.3. The van der Waals surface area contributed by atoms with E-state index in [1.54, 1.807) is 0 Å². The minimum atomic E-state index is -1.38. The highest BCUT2D eigenvalue weighted by molar-refractivity contribution is 5.87. The monoisotopic (exact) mass is 679 g/mol. The predicted molar refractivity (Wildman–Crippen MR) is 195 cm³/mol. The Kier molecular flexibility index (Phi) is 32.3. The molecule has 0 rings (SSSR count). The molecule has 2 atom stereocenters. The molecule has 0 aliphatic heterocycles. The minimum absolute atomic E-state index is 0.0135. The van der Waals surface area contributed by atoms with Crippen molar-refractivity contribution in [1.29, 1.82) is 0 Å². The minimum Gasteiger partial charge on any atom is -0.480 e. The van der Waals surface area contributed by atoms with E-state index in [2.05, 4.69) is 48.8 Å². The van der Waals surface area contributed by atoms with E-state index in [1.165, 1.54) is 64.2 Å². The van der Waals surface area contributed by atoms with Gasteiger partial charge in [-0.1, -0.05) is 122 Å². The van der Waals surface area contributed by atoms with Gasteiger partial charge in [0.25, 0.3) is 0 Å². The SMILES string of the molecule is CCCC/C=C\C/C=C\CCCCCCCC(=O)OC(CCCCCCCC)CCCCCCCC(=O)NCC(=O)NC(CO)C(=O)O. The van der Waals surface area contributed by atoms with Crippen LogP contribution < -0.4 is 10.6 Å². The quantitative estimate of drug-likeness (QED) is 0.0304. The first-order valence-corrected chi connectivity index (χ1v) is 19.2. The van der Waals surface area contributed by atoms with Crippen LogP contribution in [0.5, 0.6) is 0 Å². The number of amides is 2. The van der Waals surface area contributed by atoms with E-state index < -0.39 is 24.5 Å². The highest BCUT2D eigenvalue weighted by atomic mass is 16.5. The van der Waals surface area contributed by atoms with Crippen molar-refractivity contribution in [1.82, 2.24) is 10.6 Å². The van der Waals surface area contributed by atoms with Gasteiger partial charge in [-0.2, -0.15) is 0 Å². The van der Waals surface area contributed by atoms with Gasteiger partial charge in [0, 0.05) is 12.8 Å². The average molecular weight is 679 g/mol. The number of aliphatic hydroxyl groups is 1. The first-order chi connectivity index (χ1) is 23.3. The molecule has 0 fully saturated rings. The third-order valence-corrected chi connectivity index (χ3v) is 8.45. The Balaban J connectivity index is 4.17. The lowest BCUT2D eigenvalue weighted by atomic mass is 10.0. The number of rotatable bonds is 34. The second kappa shape index (κ2) is 34.2. The molecule has 0 aromatic heterocycles. The molecule has 0 bridgehead atoms. The Hall–Kier alpha value is -2.68. The summed E-state index contributed by atoms with van der Waals surface area (Å²) in [7, 11) is 0. The molecule has 2 unspecified atom stereocenters. The Morgan fingerprint density at radius 2 is 1.15 bits per heavy atom. The number of aliphatic hydroxyl groups excluding tert-OH is 1. The van der Waals surface area contributed by atoms with Crippen molar-refractivity contribution >= 4 is 23.8 Å². The number of ether oxygens (including phenoxy) is 1. The number of carboxylic acid groups (broad SMARTS) is 1. The molecule has 0 spiro atoms. The van der Waals surface area contributed by atoms with Crippen LogP contribution in [-0.2, 0) is 23.9 Å². The molecule has 2 amide bonds. The maximum absolute atomic E-state index is 12.6. The van der Waals surface area contributed by atoms with Crippen LogP contribution in [0.3, 0.4) is 0 Å². The van der Waals surface area contributed by atoms with Crippen LogP contribution in [0.1, 0.15) is 174 Å². The predicted octanol–water partition coefficient (Wildman–Crippen LogP) is 8.48. The zero-order chi connectivity index (χ0) is 35.5. The summed E-state index contributed by atoms with van der Waals surface area (Å²) in [5.74, 6) is -2.31. The largest absolute Gasteiger partial charge is 0.480 e. The highest BCUT2D eigenvalue weighted by Gasteiger charge is 2.19. The third-order valence-electron chi connectivity index (χ3n) is 8.45. The molecule has 9 nitrogen and oxygen atoms in total. The molecular weight excluding hydrogens is 608 g/mol. The first-order valence-electron chi connectivity index (χ1n) is 19.2. The fraction of sp³-hybridized carbons (Fsp3) is 0.795. The summed E-state index contributed by atoms with van der Waals surface area (Å²) in [4.78, 5) is 47.3. The van der Waals surface area contributed by atoms with Gasteiger partial charge in [0.15, 0.2) is 0 Å². The van der Waals surface area contributed by atoms with Crippen LogP contribution in [0.2, 0.25) is 0 Å². The molecule has 0 aliphatic carbocycles. The normalized spacial score (nSPS) is 12.7. The summed E-state index contributed by atoms with van der Waals surface area (Å²) < 4.78 is 5.96. The molecule has 48 heavy (non-hydrogen) atoms. The van der Waals surface area contributed by atoms with E-state index in [-0.39, 0.29) is 24.5 Å².